The quantitative estimate of drug-likeness (QED) is 0.628. The second-order valence-corrected chi connectivity index (χ2v) is 6.78. The number of halogens is 3. The molecule has 0 saturated heterocycles. The van der Waals surface area contributed by atoms with Crippen LogP contribution >= 0.6 is 11.8 Å². The highest BCUT2D eigenvalue weighted by Gasteiger charge is 2.30. The molecule has 0 atom stereocenters. The molecule has 3 aromatic rings. The first-order valence-corrected chi connectivity index (χ1v) is 9.02. The summed E-state index contributed by atoms with van der Waals surface area (Å²) in [7, 11) is 0. The van der Waals surface area contributed by atoms with Gasteiger partial charge in [-0.25, -0.2) is 4.98 Å². The normalized spacial score (nSPS) is 11.4. The standard InChI is InChI=1S/C19H16F3N3OS/c1-13-4-2-6-15(10-13)24-17(26)12-27-18-23-8-9-25(18)16-7-3-5-14(11-16)19(20,21)22/h2-11H,12H2,1H3,(H,24,26). The summed E-state index contributed by atoms with van der Waals surface area (Å²) >= 11 is 1.15. The Balaban J connectivity index is 1.70. The van der Waals surface area contributed by atoms with Crippen LogP contribution in [0.2, 0.25) is 0 Å². The van der Waals surface area contributed by atoms with Crippen LogP contribution in [0, 0.1) is 6.92 Å². The summed E-state index contributed by atoms with van der Waals surface area (Å²) in [5.41, 5.74) is 1.33. The first kappa shape index (κ1) is 19.0. The summed E-state index contributed by atoms with van der Waals surface area (Å²) < 4.78 is 40.3. The summed E-state index contributed by atoms with van der Waals surface area (Å²) in [5, 5.41) is 3.23. The van der Waals surface area contributed by atoms with E-state index in [1.165, 1.54) is 16.8 Å². The van der Waals surface area contributed by atoms with Crippen molar-refractivity contribution in [2.45, 2.75) is 18.3 Å². The third-order valence-corrected chi connectivity index (χ3v) is 4.66. The van der Waals surface area contributed by atoms with Crippen molar-refractivity contribution < 1.29 is 18.0 Å². The zero-order valence-electron chi connectivity index (χ0n) is 14.3. The lowest BCUT2D eigenvalue weighted by atomic mass is 10.2. The number of hydrogen-bond donors (Lipinski definition) is 1. The van der Waals surface area contributed by atoms with E-state index in [9.17, 15) is 18.0 Å². The molecule has 27 heavy (non-hydrogen) atoms. The average molecular weight is 391 g/mol. The van der Waals surface area contributed by atoms with Gasteiger partial charge in [0.05, 0.1) is 11.3 Å². The summed E-state index contributed by atoms with van der Waals surface area (Å²) in [5.74, 6) is -0.131. The minimum absolute atomic E-state index is 0.0872. The van der Waals surface area contributed by atoms with Gasteiger partial charge in [0.15, 0.2) is 5.16 Å². The first-order chi connectivity index (χ1) is 12.8. The smallest absolute Gasteiger partial charge is 0.325 e. The van der Waals surface area contributed by atoms with Crippen LogP contribution in [0.1, 0.15) is 11.1 Å². The van der Waals surface area contributed by atoms with E-state index < -0.39 is 11.7 Å². The molecule has 0 unspecified atom stereocenters. The summed E-state index contributed by atoms with van der Waals surface area (Å²) in [6.45, 7) is 1.93. The molecule has 0 bridgehead atoms. The minimum Gasteiger partial charge on any atom is -0.325 e. The van der Waals surface area contributed by atoms with Crippen LogP contribution in [0.15, 0.2) is 66.1 Å². The van der Waals surface area contributed by atoms with Crippen molar-refractivity contribution in [2.75, 3.05) is 11.1 Å². The number of hydrogen-bond acceptors (Lipinski definition) is 3. The molecule has 3 rings (SSSR count). The maximum atomic E-state index is 12.9. The van der Waals surface area contributed by atoms with Crippen molar-refractivity contribution in [3.05, 3.63) is 72.1 Å². The maximum absolute atomic E-state index is 12.9. The lowest BCUT2D eigenvalue weighted by Gasteiger charge is -2.11. The molecule has 1 N–H and O–H groups in total. The largest absolute Gasteiger partial charge is 0.416 e. The molecular weight excluding hydrogens is 375 g/mol. The lowest BCUT2D eigenvalue weighted by molar-refractivity contribution is -0.137. The van der Waals surface area contributed by atoms with Gasteiger partial charge in [-0.3, -0.25) is 9.36 Å². The van der Waals surface area contributed by atoms with Gasteiger partial charge in [-0.2, -0.15) is 13.2 Å². The molecule has 0 aliphatic heterocycles. The molecule has 2 aromatic carbocycles. The summed E-state index contributed by atoms with van der Waals surface area (Å²) in [4.78, 5) is 16.3. The molecule has 0 radical (unpaired) electrons. The van der Waals surface area contributed by atoms with Crippen LogP contribution in [0.3, 0.4) is 0 Å². The van der Waals surface area contributed by atoms with E-state index in [4.69, 9.17) is 0 Å². The number of thioether (sulfide) groups is 1. The molecule has 0 spiro atoms. The molecule has 4 nitrogen and oxygen atoms in total. The summed E-state index contributed by atoms with van der Waals surface area (Å²) in [6, 6.07) is 12.4. The molecular formula is C19H16F3N3OS. The van der Waals surface area contributed by atoms with Gasteiger partial charge >= 0.3 is 6.18 Å². The van der Waals surface area contributed by atoms with Crippen LogP contribution in [0.5, 0.6) is 0 Å². The van der Waals surface area contributed by atoms with Crippen LogP contribution in [-0.4, -0.2) is 21.2 Å². The van der Waals surface area contributed by atoms with Crippen LogP contribution in [0.25, 0.3) is 5.69 Å². The third kappa shape index (κ3) is 4.91. The van der Waals surface area contributed by atoms with E-state index in [1.807, 2.05) is 25.1 Å². The van der Waals surface area contributed by atoms with Crippen molar-refractivity contribution in [1.29, 1.82) is 0 Å². The number of rotatable bonds is 5. The minimum atomic E-state index is -4.42. The molecule has 0 fully saturated rings. The Labute approximate surface area is 158 Å². The van der Waals surface area contributed by atoms with E-state index >= 15 is 0 Å². The Morgan fingerprint density at radius 1 is 1.19 bits per heavy atom. The molecule has 0 aliphatic rings. The number of carbonyl (C=O) groups excluding carboxylic acids is 1. The second kappa shape index (κ2) is 7.87. The Kier molecular flexibility index (Phi) is 5.55. The van der Waals surface area contributed by atoms with Gasteiger partial charge in [-0.1, -0.05) is 30.0 Å². The second-order valence-electron chi connectivity index (χ2n) is 5.83. The van der Waals surface area contributed by atoms with Gasteiger partial charge in [0.25, 0.3) is 0 Å². The van der Waals surface area contributed by atoms with Crippen LogP contribution < -0.4 is 5.32 Å². The predicted octanol–water partition coefficient (Wildman–Crippen LogP) is 4.93. The number of aromatic nitrogens is 2. The van der Waals surface area contributed by atoms with Crippen molar-refractivity contribution in [1.82, 2.24) is 9.55 Å². The van der Waals surface area contributed by atoms with Gasteiger partial charge in [0, 0.05) is 23.8 Å². The monoisotopic (exact) mass is 391 g/mol. The van der Waals surface area contributed by atoms with Gasteiger partial charge in [-0.05, 0) is 42.8 Å². The fraction of sp³-hybridized carbons (Fsp3) is 0.158. The Hall–Kier alpha value is -2.74. The highest BCUT2D eigenvalue weighted by molar-refractivity contribution is 7.99. The van der Waals surface area contributed by atoms with E-state index in [1.54, 1.807) is 18.3 Å². The SMILES string of the molecule is Cc1cccc(NC(=O)CSc2nccn2-c2cccc(C(F)(F)F)c2)c1. The Morgan fingerprint density at radius 3 is 2.70 bits per heavy atom. The average Bonchev–Trinajstić information content (AvgIpc) is 3.08. The number of alkyl halides is 3. The van der Waals surface area contributed by atoms with E-state index in [-0.39, 0.29) is 11.7 Å². The highest BCUT2D eigenvalue weighted by atomic mass is 32.2. The predicted molar refractivity (Wildman–Crippen MR) is 99.1 cm³/mol. The number of nitrogens with zero attached hydrogens (tertiary/aromatic N) is 2. The van der Waals surface area contributed by atoms with Crippen molar-refractivity contribution >= 4 is 23.4 Å². The van der Waals surface area contributed by atoms with Gasteiger partial charge in [0.1, 0.15) is 0 Å². The van der Waals surface area contributed by atoms with Gasteiger partial charge in [-0.15, -0.1) is 0 Å². The zero-order valence-corrected chi connectivity index (χ0v) is 15.1. The van der Waals surface area contributed by atoms with Gasteiger partial charge < -0.3 is 5.32 Å². The van der Waals surface area contributed by atoms with Gasteiger partial charge in [0.2, 0.25) is 5.91 Å². The lowest BCUT2D eigenvalue weighted by Crippen LogP contribution is -2.14. The zero-order chi connectivity index (χ0) is 19.4. The fourth-order valence-corrected chi connectivity index (χ4v) is 3.25. The molecule has 1 amide bonds. The highest BCUT2D eigenvalue weighted by Crippen LogP contribution is 2.31. The fourth-order valence-electron chi connectivity index (χ4n) is 2.48. The Morgan fingerprint density at radius 2 is 1.96 bits per heavy atom. The number of aryl methyl sites for hydroxylation is 1. The van der Waals surface area contributed by atoms with Crippen molar-refractivity contribution in [3.8, 4) is 5.69 Å². The summed E-state index contributed by atoms with van der Waals surface area (Å²) in [6.07, 6.45) is -1.37. The molecule has 0 aliphatic carbocycles. The topological polar surface area (TPSA) is 46.9 Å². The number of anilines is 1. The van der Waals surface area contributed by atoms with E-state index in [2.05, 4.69) is 10.3 Å². The number of benzene rings is 2. The molecule has 0 saturated carbocycles. The Bertz CT molecular complexity index is 953. The number of nitrogens with one attached hydrogen (secondary N) is 1. The number of carbonyl (C=O) groups is 1. The van der Waals surface area contributed by atoms with Crippen LogP contribution in [-0.2, 0) is 11.0 Å². The first-order valence-electron chi connectivity index (χ1n) is 8.03. The number of imidazole rings is 1. The maximum Gasteiger partial charge on any atom is 0.416 e. The van der Waals surface area contributed by atoms with Crippen LogP contribution in [0.4, 0.5) is 18.9 Å². The molecule has 8 heteroatoms. The van der Waals surface area contributed by atoms with E-state index in [0.29, 0.717) is 16.5 Å². The molecule has 140 valence electrons. The number of amides is 1. The van der Waals surface area contributed by atoms with Crippen molar-refractivity contribution in [3.63, 3.8) is 0 Å². The third-order valence-electron chi connectivity index (χ3n) is 3.69. The van der Waals surface area contributed by atoms with E-state index in [0.717, 1.165) is 29.5 Å². The van der Waals surface area contributed by atoms with Crippen molar-refractivity contribution in [2.24, 2.45) is 0 Å². The molecule has 1 heterocycles. The molecule has 1 aromatic heterocycles.